The Morgan fingerprint density at radius 3 is 2.31 bits per heavy atom. The largest absolute Gasteiger partial charge is 0.416 e. The molecule has 0 spiro atoms. The topological polar surface area (TPSA) is 75.1 Å². The number of nitrogens with one attached hydrogen (secondary N) is 2. The monoisotopic (exact) mass is 488 g/mol. The molecule has 7 nitrogen and oxygen atoms in total. The second-order valence-corrected chi connectivity index (χ2v) is 8.57. The Bertz CT molecular complexity index is 1200. The molecule has 1 aliphatic rings. The lowest BCUT2D eigenvalue weighted by atomic mass is 10.2. The summed E-state index contributed by atoms with van der Waals surface area (Å²) < 4.78 is 40.5. The van der Waals surface area contributed by atoms with Crippen LogP contribution >= 0.6 is 0 Å². The number of hydrogen-bond acceptors (Lipinski definition) is 5. The van der Waals surface area contributed by atoms with Gasteiger partial charge in [-0.05, 0) is 56.7 Å². The van der Waals surface area contributed by atoms with Crippen molar-refractivity contribution in [2.24, 2.45) is 0 Å². The van der Waals surface area contributed by atoms with Crippen LogP contribution in [-0.4, -0.2) is 34.0 Å². The Balaban J connectivity index is 0.00000108. The van der Waals surface area contributed by atoms with E-state index in [0.717, 1.165) is 29.1 Å². The summed E-state index contributed by atoms with van der Waals surface area (Å²) in [7, 11) is 1.80. The zero-order chi connectivity index (χ0) is 25.9. The van der Waals surface area contributed by atoms with Crippen LogP contribution < -0.4 is 15.5 Å². The van der Waals surface area contributed by atoms with Crippen molar-refractivity contribution < 1.29 is 18.0 Å². The molecule has 0 saturated carbocycles. The predicted molar refractivity (Wildman–Crippen MR) is 132 cm³/mol. The molecule has 35 heavy (non-hydrogen) atoms. The van der Waals surface area contributed by atoms with E-state index < -0.39 is 11.7 Å². The zero-order valence-corrected chi connectivity index (χ0v) is 20.8. The maximum Gasteiger partial charge on any atom is 0.416 e. The van der Waals surface area contributed by atoms with Crippen molar-refractivity contribution in [3.05, 3.63) is 58.5 Å². The number of carbonyl (C=O) groups excluding carboxylic acids is 1. The minimum absolute atomic E-state index is 0.108. The van der Waals surface area contributed by atoms with Crippen LogP contribution in [0.2, 0.25) is 0 Å². The van der Waals surface area contributed by atoms with Crippen LogP contribution in [-0.2, 0) is 17.5 Å². The number of aryl methyl sites for hydroxylation is 2. The lowest BCUT2D eigenvalue weighted by molar-refractivity contribution is -0.137. The summed E-state index contributed by atoms with van der Waals surface area (Å²) in [5, 5.41) is 6.03. The minimum atomic E-state index is -4.36. The second kappa shape index (κ2) is 10.4. The van der Waals surface area contributed by atoms with Gasteiger partial charge in [-0.3, -0.25) is 4.79 Å². The molecule has 0 aliphatic carbocycles. The number of fused-ring (bicyclic) bond motifs is 1. The van der Waals surface area contributed by atoms with Gasteiger partial charge in [-0.2, -0.15) is 18.2 Å². The number of likely N-dealkylation sites (N-methyl/N-ethyl adjacent to an activating group) is 1. The van der Waals surface area contributed by atoms with Crippen molar-refractivity contribution in [2.75, 3.05) is 29.1 Å². The maximum absolute atomic E-state index is 12.9. The molecule has 3 heterocycles. The molecule has 1 amide bonds. The summed E-state index contributed by atoms with van der Waals surface area (Å²) in [5.74, 6) is 0.974. The fourth-order valence-corrected chi connectivity index (χ4v) is 3.91. The summed E-state index contributed by atoms with van der Waals surface area (Å²) >= 11 is 0. The molecule has 0 atom stereocenters. The van der Waals surface area contributed by atoms with Crippen molar-refractivity contribution >= 4 is 23.4 Å². The standard InChI is InChI=1S/C22H23F3N6O.C3H8/c1-12-9-15(14(3)31(12)17-7-5-16(6-8-17)22(23,24)25)10-26-21-27-13(2)19-20(29-21)30(4)11-18(32)28-19;1-3-2/h5-9H,10-11H2,1-4H3,(H,28,32)(H,26,27,29);3H2,1-2H3. The SMILES string of the molecule is CCC.Cc1nc(NCc2cc(C)n(-c3ccc(C(F)(F)F)cc3)c2C)nc2c1NC(=O)CN2C. The Morgan fingerprint density at radius 2 is 1.71 bits per heavy atom. The van der Waals surface area contributed by atoms with E-state index in [1.807, 2.05) is 31.4 Å². The first-order chi connectivity index (χ1) is 16.5. The van der Waals surface area contributed by atoms with Gasteiger partial charge in [0, 0.05) is 30.7 Å². The number of nitrogens with zero attached hydrogens (tertiary/aromatic N) is 4. The second-order valence-electron chi connectivity index (χ2n) is 8.57. The first-order valence-corrected chi connectivity index (χ1v) is 11.4. The first-order valence-electron chi connectivity index (χ1n) is 11.4. The van der Waals surface area contributed by atoms with Gasteiger partial charge in [0.25, 0.3) is 0 Å². The normalized spacial score (nSPS) is 13.1. The summed E-state index contributed by atoms with van der Waals surface area (Å²) in [6.07, 6.45) is -3.11. The molecule has 0 bridgehead atoms. The van der Waals surface area contributed by atoms with Crippen molar-refractivity contribution in [3.63, 3.8) is 0 Å². The molecule has 0 unspecified atom stereocenters. The Labute approximate surface area is 203 Å². The number of alkyl halides is 3. The van der Waals surface area contributed by atoms with Crippen LogP contribution in [0.4, 0.5) is 30.6 Å². The van der Waals surface area contributed by atoms with Crippen molar-refractivity contribution in [1.82, 2.24) is 14.5 Å². The lowest BCUT2D eigenvalue weighted by Crippen LogP contribution is -2.36. The third kappa shape index (κ3) is 5.75. The number of amides is 1. The molecular weight excluding hydrogens is 457 g/mol. The van der Waals surface area contributed by atoms with Crippen LogP contribution in [0.3, 0.4) is 0 Å². The van der Waals surface area contributed by atoms with E-state index in [-0.39, 0.29) is 12.5 Å². The van der Waals surface area contributed by atoms with Crippen molar-refractivity contribution in [3.8, 4) is 5.69 Å². The van der Waals surface area contributed by atoms with Gasteiger partial charge in [0.05, 0.1) is 17.8 Å². The molecule has 10 heteroatoms. The minimum Gasteiger partial charge on any atom is -0.350 e. The highest BCUT2D eigenvalue weighted by atomic mass is 19.4. The summed E-state index contributed by atoms with van der Waals surface area (Å²) in [5.41, 5.74) is 4.05. The molecule has 1 aromatic carbocycles. The Morgan fingerprint density at radius 1 is 1.09 bits per heavy atom. The molecule has 188 valence electrons. The highest BCUT2D eigenvalue weighted by molar-refractivity contribution is 6.00. The number of anilines is 3. The van der Waals surface area contributed by atoms with Crippen LogP contribution in [0.15, 0.2) is 30.3 Å². The number of aromatic nitrogens is 3. The van der Waals surface area contributed by atoms with E-state index in [1.165, 1.54) is 18.6 Å². The van der Waals surface area contributed by atoms with Gasteiger partial charge < -0.3 is 20.1 Å². The molecule has 2 N–H and O–H groups in total. The summed E-state index contributed by atoms with van der Waals surface area (Å²) in [6, 6.07) is 7.11. The number of rotatable bonds is 4. The molecule has 0 fully saturated rings. The summed E-state index contributed by atoms with van der Waals surface area (Å²) in [4.78, 5) is 22.5. The van der Waals surface area contributed by atoms with Crippen LogP contribution in [0.5, 0.6) is 0 Å². The van der Waals surface area contributed by atoms with Crippen LogP contribution in [0, 0.1) is 20.8 Å². The van der Waals surface area contributed by atoms with Gasteiger partial charge in [-0.25, -0.2) is 4.98 Å². The quantitative estimate of drug-likeness (QED) is 0.498. The van der Waals surface area contributed by atoms with Gasteiger partial charge in [0.2, 0.25) is 11.9 Å². The zero-order valence-electron chi connectivity index (χ0n) is 20.8. The highest BCUT2D eigenvalue weighted by Gasteiger charge is 2.30. The molecule has 0 saturated heterocycles. The molecule has 3 aromatic rings. The van der Waals surface area contributed by atoms with E-state index in [0.29, 0.717) is 35.4 Å². The van der Waals surface area contributed by atoms with Crippen molar-refractivity contribution in [2.45, 2.75) is 53.8 Å². The van der Waals surface area contributed by atoms with Crippen molar-refractivity contribution in [1.29, 1.82) is 0 Å². The third-order valence-electron chi connectivity index (χ3n) is 5.50. The van der Waals surface area contributed by atoms with Crippen LogP contribution in [0.25, 0.3) is 5.69 Å². The van der Waals surface area contributed by atoms with Gasteiger partial charge in [-0.15, -0.1) is 0 Å². The van der Waals surface area contributed by atoms with Gasteiger partial charge >= 0.3 is 6.18 Å². The maximum atomic E-state index is 12.9. The van der Waals surface area contributed by atoms with E-state index in [9.17, 15) is 18.0 Å². The van der Waals surface area contributed by atoms with E-state index in [4.69, 9.17) is 0 Å². The van der Waals surface area contributed by atoms with E-state index >= 15 is 0 Å². The average molecular weight is 489 g/mol. The molecule has 1 aliphatic heterocycles. The number of carbonyl (C=O) groups is 1. The Hall–Kier alpha value is -3.56. The number of hydrogen-bond donors (Lipinski definition) is 2. The fourth-order valence-electron chi connectivity index (χ4n) is 3.91. The van der Waals surface area contributed by atoms with E-state index in [1.54, 1.807) is 11.9 Å². The predicted octanol–water partition coefficient (Wildman–Crippen LogP) is 5.63. The highest BCUT2D eigenvalue weighted by Crippen LogP contribution is 2.31. The molecule has 0 radical (unpaired) electrons. The van der Waals surface area contributed by atoms with Gasteiger partial charge in [0.15, 0.2) is 5.82 Å². The van der Waals surface area contributed by atoms with Gasteiger partial charge in [0.1, 0.15) is 5.69 Å². The van der Waals surface area contributed by atoms with E-state index in [2.05, 4.69) is 34.4 Å². The third-order valence-corrected chi connectivity index (χ3v) is 5.50. The van der Waals surface area contributed by atoms with Crippen LogP contribution in [0.1, 0.15) is 48.5 Å². The average Bonchev–Trinajstić information content (AvgIpc) is 3.06. The summed E-state index contributed by atoms with van der Waals surface area (Å²) in [6.45, 7) is 10.5. The number of benzene rings is 1. The first kappa shape index (κ1) is 26.1. The molecule has 2 aromatic heterocycles. The fraction of sp³-hybridized carbons (Fsp3) is 0.400. The lowest BCUT2D eigenvalue weighted by Gasteiger charge is -2.27. The van der Waals surface area contributed by atoms with Gasteiger partial charge in [-0.1, -0.05) is 20.3 Å². The smallest absolute Gasteiger partial charge is 0.350 e. The number of halogens is 3. The molecule has 4 rings (SSSR count). The Kier molecular flexibility index (Phi) is 7.72. The molecular formula is C25H31F3N6O.